The molecule has 3 rings (SSSR count). The van der Waals surface area contributed by atoms with Gasteiger partial charge in [0.2, 0.25) is 5.91 Å². The fourth-order valence-electron chi connectivity index (χ4n) is 1.85. The molecular weight excluding hydrogens is 256 g/mol. The Labute approximate surface area is 114 Å². The molecule has 1 amide bonds. The molecule has 0 spiro atoms. The molecule has 0 aliphatic heterocycles. The molecule has 0 unspecified atom stereocenters. The highest BCUT2D eigenvalue weighted by Gasteiger charge is 2.05. The van der Waals surface area contributed by atoms with Crippen molar-refractivity contribution in [1.82, 2.24) is 19.7 Å². The summed E-state index contributed by atoms with van der Waals surface area (Å²) in [5, 5.41) is 6.74. The number of nitrogens with one attached hydrogen (secondary N) is 1. The number of fused-ring (bicyclic) bond motifs is 1. The molecule has 0 aliphatic carbocycles. The number of anilines is 2. The van der Waals surface area contributed by atoms with Crippen molar-refractivity contribution in [2.24, 2.45) is 0 Å². The van der Waals surface area contributed by atoms with Gasteiger partial charge >= 0.3 is 0 Å². The van der Waals surface area contributed by atoms with Crippen LogP contribution in [0.2, 0.25) is 0 Å². The smallest absolute Gasteiger partial charge is 0.246 e. The number of aromatic nitrogens is 4. The van der Waals surface area contributed by atoms with Crippen molar-refractivity contribution in [1.29, 1.82) is 0 Å². The van der Waals surface area contributed by atoms with Crippen molar-refractivity contribution in [2.45, 2.75) is 6.54 Å². The number of nitrogen functional groups attached to an aromatic ring is 1. The lowest BCUT2D eigenvalue weighted by atomic mass is 10.2. The second-order valence-electron chi connectivity index (χ2n) is 4.28. The molecule has 3 aromatic rings. The van der Waals surface area contributed by atoms with Crippen molar-refractivity contribution in [2.75, 3.05) is 11.1 Å². The molecule has 0 bridgehead atoms. The largest absolute Gasteiger partial charge is 0.396 e. The summed E-state index contributed by atoms with van der Waals surface area (Å²) in [7, 11) is 0. The third kappa shape index (κ3) is 2.56. The number of hydrogen-bond donors (Lipinski definition) is 2. The van der Waals surface area contributed by atoms with E-state index in [-0.39, 0.29) is 12.5 Å². The minimum absolute atomic E-state index is 0.107. The van der Waals surface area contributed by atoms with Crippen molar-refractivity contribution in [3.63, 3.8) is 0 Å². The summed E-state index contributed by atoms with van der Waals surface area (Å²) in [5.74, 6) is -0.184. The van der Waals surface area contributed by atoms with Crippen LogP contribution in [0.3, 0.4) is 0 Å². The SMILES string of the molecule is Nc1cnn(CC(=O)Nc2ccc3nccnc3c2)c1. The minimum Gasteiger partial charge on any atom is -0.396 e. The van der Waals surface area contributed by atoms with Crippen molar-refractivity contribution >= 4 is 28.3 Å². The molecule has 0 saturated carbocycles. The molecule has 3 N–H and O–H groups in total. The summed E-state index contributed by atoms with van der Waals surface area (Å²) in [6, 6.07) is 5.37. The molecule has 0 fully saturated rings. The van der Waals surface area contributed by atoms with Crippen LogP contribution in [0.15, 0.2) is 43.0 Å². The zero-order valence-corrected chi connectivity index (χ0v) is 10.5. The van der Waals surface area contributed by atoms with E-state index in [9.17, 15) is 4.79 Å². The third-order valence-electron chi connectivity index (χ3n) is 2.71. The van der Waals surface area contributed by atoms with Crippen molar-refractivity contribution < 1.29 is 4.79 Å². The highest BCUT2D eigenvalue weighted by atomic mass is 16.2. The van der Waals surface area contributed by atoms with Crippen LogP contribution >= 0.6 is 0 Å². The molecule has 7 heteroatoms. The van der Waals surface area contributed by atoms with E-state index in [1.807, 2.05) is 6.07 Å². The van der Waals surface area contributed by atoms with E-state index < -0.39 is 0 Å². The number of amides is 1. The minimum atomic E-state index is -0.184. The standard InChI is InChI=1S/C13H12N6O/c14-9-6-17-19(7-9)8-13(20)18-10-1-2-11-12(5-10)16-4-3-15-11/h1-7H,8,14H2,(H,18,20). The van der Waals surface area contributed by atoms with Crippen LogP contribution in [-0.2, 0) is 11.3 Å². The fourth-order valence-corrected chi connectivity index (χ4v) is 1.85. The summed E-state index contributed by atoms with van der Waals surface area (Å²) in [6.07, 6.45) is 6.34. The number of rotatable bonds is 3. The first-order valence-electron chi connectivity index (χ1n) is 5.99. The van der Waals surface area contributed by atoms with Gasteiger partial charge in [-0.15, -0.1) is 0 Å². The molecule has 1 aromatic carbocycles. The zero-order chi connectivity index (χ0) is 13.9. The quantitative estimate of drug-likeness (QED) is 0.739. The van der Waals surface area contributed by atoms with E-state index >= 15 is 0 Å². The lowest BCUT2D eigenvalue weighted by Crippen LogP contribution is -2.19. The van der Waals surface area contributed by atoms with Gasteiger partial charge in [0.15, 0.2) is 0 Å². The summed E-state index contributed by atoms with van der Waals surface area (Å²) < 4.78 is 1.48. The molecule has 2 aromatic heterocycles. The average molecular weight is 268 g/mol. The maximum Gasteiger partial charge on any atom is 0.246 e. The highest BCUT2D eigenvalue weighted by Crippen LogP contribution is 2.15. The van der Waals surface area contributed by atoms with E-state index in [1.54, 1.807) is 30.7 Å². The van der Waals surface area contributed by atoms with Crippen LogP contribution in [0, 0.1) is 0 Å². The predicted molar refractivity (Wildman–Crippen MR) is 74.8 cm³/mol. The Balaban J connectivity index is 1.73. The van der Waals surface area contributed by atoms with Gasteiger partial charge in [-0.3, -0.25) is 19.4 Å². The Hall–Kier alpha value is -2.96. The first-order valence-corrected chi connectivity index (χ1v) is 5.99. The van der Waals surface area contributed by atoms with Crippen LogP contribution in [0.5, 0.6) is 0 Å². The van der Waals surface area contributed by atoms with Gasteiger partial charge < -0.3 is 11.1 Å². The summed E-state index contributed by atoms with van der Waals surface area (Å²) in [6.45, 7) is 0.107. The van der Waals surface area contributed by atoms with Gasteiger partial charge in [0.25, 0.3) is 0 Å². The predicted octanol–water partition coefficient (Wildman–Crippen LogP) is 1.05. The van der Waals surface area contributed by atoms with E-state index in [0.717, 1.165) is 11.0 Å². The topological polar surface area (TPSA) is 98.7 Å². The zero-order valence-electron chi connectivity index (χ0n) is 10.5. The lowest BCUT2D eigenvalue weighted by Gasteiger charge is -2.06. The summed E-state index contributed by atoms with van der Waals surface area (Å²) in [5.41, 5.74) is 8.25. The van der Waals surface area contributed by atoms with Crippen LogP contribution in [0.4, 0.5) is 11.4 Å². The van der Waals surface area contributed by atoms with E-state index in [1.165, 1.54) is 10.9 Å². The molecule has 0 aliphatic rings. The number of carbonyl (C=O) groups is 1. The fraction of sp³-hybridized carbons (Fsp3) is 0.0769. The number of carbonyl (C=O) groups excluding carboxylic acids is 1. The normalized spacial score (nSPS) is 10.6. The molecule has 0 atom stereocenters. The average Bonchev–Trinajstić information content (AvgIpc) is 2.83. The number of hydrogen-bond acceptors (Lipinski definition) is 5. The maximum atomic E-state index is 11.9. The van der Waals surface area contributed by atoms with Gasteiger partial charge in [0.05, 0.1) is 22.9 Å². The van der Waals surface area contributed by atoms with Gasteiger partial charge in [-0.25, -0.2) is 0 Å². The van der Waals surface area contributed by atoms with Crippen LogP contribution in [0.1, 0.15) is 0 Å². The Morgan fingerprint density at radius 1 is 1.25 bits per heavy atom. The van der Waals surface area contributed by atoms with Crippen LogP contribution in [-0.4, -0.2) is 25.7 Å². The monoisotopic (exact) mass is 268 g/mol. The van der Waals surface area contributed by atoms with Gasteiger partial charge in [-0.1, -0.05) is 0 Å². The van der Waals surface area contributed by atoms with Crippen LogP contribution in [0.25, 0.3) is 11.0 Å². The Morgan fingerprint density at radius 2 is 2.05 bits per heavy atom. The Morgan fingerprint density at radius 3 is 2.80 bits per heavy atom. The van der Waals surface area contributed by atoms with Gasteiger partial charge in [-0.05, 0) is 18.2 Å². The lowest BCUT2D eigenvalue weighted by molar-refractivity contribution is -0.116. The third-order valence-corrected chi connectivity index (χ3v) is 2.71. The Kier molecular flexibility index (Phi) is 3.00. The molecular formula is C13H12N6O. The molecule has 2 heterocycles. The molecule has 100 valence electrons. The van der Waals surface area contributed by atoms with Gasteiger partial charge in [0, 0.05) is 24.3 Å². The summed E-state index contributed by atoms with van der Waals surface area (Å²) in [4.78, 5) is 20.2. The van der Waals surface area contributed by atoms with Crippen LogP contribution < -0.4 is 11.1 Å². The first-order chi connectivity index (χ1) is 9.70. The van der Waals surface area contributed by atoms with E-state index in [2.05, 4.69) is 20.4 Å². The number of nitrogens with two attached hydrogens (primary N) is 1. The van der Waals surface area contributed by atoms with Gasteiger partial charge in [0.1, 0.15) is 6.54 Å². The molecule has 20 heavy (non-hydrogen) atoms. The van der Waals surface area contributed by atoms with Crippen molar-refractivity contribution in [3.05, 3.63) is 43.0 Å². The van der Waals surface area contributed by atoms with E-state index in [0.29, 0.717) is 11.4 Å². The van der Waals surface area contributed by atoms with Crippen molar-refractivity contribution in [3.8, 4) is 0 Å². The Bertz CT molecular complexity index is 766. The molecule has 7 nitrogen and oxygen atoms in total. The van der Waals surface area contributed by atoms with E-state index in [4.69, 9.17) is 5.73 Å². The maximum absolute atomic E-state index is 11.9. The highest BCUT2D eigenvalue weighted by molar-refractivity contribution is 5.92. The first kappa shape index (κ1) is 12.1. The molecule has 0 radical (unpaired) electrons. The number of nitrogens with zero attached hydrogens (tertiary/aromatic N) is 4. The number of benzene rings is 1. The second-order valence-corrected chi connectivity index (χ2v) is 4.28. The summed E-state index contributed by atoms with van der Waals surface area (Å²) >= 11 is 0. The second kappa shape index (κ2) is 4.96. The molecule has 0 saturated heterocycles. The van der Waals surface area contributed by atoms with Gasteiger partial charge in [-0.2, -0.15) is 5.10 Å².